The molecule has 1 aliphatic heterocycles. The van der Waals surface area contributed by atoms with Crippen LogP contribution in [0.5, 0.6) is 17.2 Å². The lowest BCUT2D eigenvalue weighted by molar-refractivity contribution is 0.0694. The molecule has 0 bridgehead atoms. The van der Waals surface area contributed by atoms with Crippen molar-refractivity contribution in [3.05, 3.63) is 29.7 Å². The van der Waals surface area contributed by atoms with Crippen molar-refractivity contribution in [2.75, 3.05) is 20.0 Å². The summed E-state index contributed by atoms with van der Waals surface area (Å²) in [4.78, 5) is 30.0. The maximum Gasteiger partial charge on any atom is 0.402 e. The van der Waals surface area contributed by atoms with Gasteiger partial charge >= 0.3 is 12.1 Å². The lowest BCUT2D eigenvalue weighted by Crippen LogP contribution is -2.22. The van der Waals surface area contributed by atoms with Gasteiger partial charge < -0.3 is 39.5 Å². The third kappa shape index (κ3) is 6.60. The van der Waals surface area contributed by atoms with Gasteiger partial charge in [0.25, 0.3) is 0 Å². The first kappa shape index (κ1) is 28.2. The summed E-state index contributed by atoms with van der Waals surface area (Å²) in [6.07, 6.45) is 2.38. The zero-order valence-electron chi connectivity index (χ0n) is 22.5. The number of nitrogens with two attached hydrogens (primary N) is 1. The standard InChI is InChI=1S/C25H31N3O6Si.CH3NO2/c1-15-19(25(29)30)21-23(28(15)13-31-9-10-35(2,3)4)22(27-12-26-21)20-17(32-11-16-5-6-16)7-8-18-24(20)34-14-33-18;2-1(3)4/h7-8,12,16H,5-6,9-11,13-14H2,1-4H3,(H,29,30);2H2,(H,3,4). The average Bonchev–Trinajstić information content (AvgIpc) is 3.47. The van der Waals surface area contributed by atoms with Crippen LogP contribution in [0.1, 0.15) is 28.9 Å². The summed E-state index contributed by atoms with van der Waals surface area (Å²) >= 11 is 0. The van der Waals surface area contributed by atoms with Gasteiger partial charge in [-0.25, -0.2) is 19.6 Å². The second-order valence-corrected chi connectivity index (χ2v) is 16.3. The fraction of sp³-hybridized carbons (Fsp3) is 0.462. The van der Waals surface area contributed by atoms with Crippen molar-refractivity contribution >= 4 is 31.2 Å². The van der Waals surface area contributed by atoms with Crippen molar-refractivity contribution in [2.24, 2.45) is 11.7 Å². The van der Waals surface area contributed by atoms with Crippen LogP contribution in [-0.2, 0) is 11.5 Å². The molecule has 0 saturated heterocycles. The molecule has 0 atom stereocenters. The van der Waals surface area contributed by atoms with Crippen LogP contribution in [0.25, 0.3) is 22.3 Å². The number of carbonyl (C=O) groups is 2. The van der Waals surface area contributed by atoms with E-state index in [1.807, 2.05) is 16.7 Å². The third-order valence-electron chi connectivity index (χ3n) is 6.44. The van der Waals surface area contributed by atoms with Gasteiger partial charge in [-0.05, 0) is 43.9 Å². The molecule has 3 aromatic rings. The predicted molar refractivity (Wildman–Crippen MR) is 145 cm³/mol. The Balaban J connectivity index is 0.000000826. The number of aromatic carboxylic acids is 1. The molecule has 13 heteroatoms. The summed E-state index contributed by atoms with van der Waals surface area (Å²) in [5, 5.41) is 17.2. The Hall–Kier alpha value is -3.84. The molecule has 1 aromatic carbocycles. The van der Waals surface area contributed by atoms with Crippen LogP contribution in [0.4, 0.5) is 4.79 Å². The average molecular weight is 559 g/mol. The van der Waals surface area contributed by atoms with Crippen LogP contribution in [0, 0.1) is 12.8 Å². The Morgan fingerprint density at radius 1 is 1.18 bits per heavy atom. The largest absolute Gasteiger partial charge is 0.492 e. The Kier molecular flexibility index (Phi) is 8.30. The molecule has 1 amide bonds. The molecule has 4 N–H and O–H groups in total. The number of amides is 1. The molecule has 5 rings (SSSR count). The van der Waals surface area contributed by atoms with E-state index in [4.69, 9.17) is 28.8 Å². The molecule has 3 heterocycles. The van der Waals surface area contributed by atoms with Crippen molar-refractivity contribution in [3.63, 3.8) is 0 Å². The summed E-state index contributed by atoms with van der Waals surface area (Å²) in [6.45, 7) is 10.2. The molecular formula is C26H34N4O8Si. The minimum absolute atomic E-state index is 0.100. The second kappa shape index (κ2) is 11.5. The molecule has 12 nitrogen and oxygen atoms in total. The first-order valence-electron chi connectivity index (χ1n) is 12.7. The zero-order chi connectivity index (χ0) is 28.3. The molecule has 0 radical (unpaired) electrons. The predicted octanol–water partition coefficient (Wildman–Crippen LogP) is 4.56. The summed E-state index contributed by atoms with van der Waals surface area (Å²) in [7, 11) is -1.27. The maximum absolute atomic E-state index is 12.2. The minimum atomic E-state index is -1.33. The van der Waals surface area contributed by atoms with E-state index in [9.17, 15) is 9.90 Å². The molecule has 1 saturated carbocycles. The van der Waals surface area contributed by atoms with Crippen LogP contribution >= 0.6 is 0 Å². The first-order valence-corrected chi connectivity index (χ1v) is 16.4. The number of primary amides is 1. The number of carboxylic acids is 1. The molecule has 2 aromatic heterocycles. The number of aromatic nitrogens is 3. The summed E-state index contributed by atoms with van der Waals surface area (Å²) in [6, 6.07) is 4.71. The Morgan fingerprint density at radius 2 is 1.90 bits per heavy atom. The third-order valence-corrected chi connectivity index (χ3v) is 8.14. The van der Waals surface area contributed by atoms with Crippen molar-refractivity contribution < 1.29 is 38.7 Å². The zero-order valence-corrected chi connectivity index (χ0v) is 23.5. The van der Waals surface area contributed by atoms with Gasteiger partial charge in [-0.15, -0.1) is 0 Å². The summed E-state index contributed by atoms with van der Waals surface area (Å²) in [5.74, 6) is 1.29. The molecule has 1 fully saturated rings. The number of nitrogens with zero attached hydrogens (tertiary/aromatic N) is 3. The summed E-state index contributed by atoms with van der Waals surface area (Å²) < 4.78 is 25.6. The number of rotatable bonds is 10. The molecule has 1 aliphatic carbocycles. The van der Waals surface area contributed by atoms with E-state index >= 15 is 0 Å². The van der Waals surface area contributed by atoms with Gasteiger partial charge in [0.05, 0.1) is 17.7 Å². The van der Waals surface area contributed by atoms with Crippen molar-refractivity contribution in [2.45, 2.75) is 52.2 Å². The molecular weight excluding hydrogens is 524 g/mol. The second-order valence-electron chi connectivity index (χ2n) is 10.7. The Labute approximate surface area is 226 Å². The number of carboxylic acid groups (broad SMARTS) is 2. The van der Waals surface area contributed by atoms with E-state index < -0.39 is 20.1 Å². The lowest BCUT2D eigenvalue weighted by atomic mass is 10.1. The fourth-order valence-corrected chi connectivity index (χ4v) is 4.97. The van der Waals surface area contributed by atoms with Crippen LogP contribution in [0.3, 0.4) is 0 Å². The molecule has 39 heavy (non-hydrogen) atoms. The van der Waals surface area contributed by atoms with Gasteiger partial charge in [0.15, 0.2) is 11.5 Å². The highest BCUT2D eigenvalue weighted by Crippen LogP contribution is 2.48. The fourth-order valence-electron chi connectivity index (χ4n) is 4.22. The first-order chi connectivity index (χ1) is 18.5. The topological polar surface area (TPSA) is 168 Å². The number of ether oxygens (including phenoxy) is 4. The normalized spacial score (nSPS) is 14.2. The number of benzene rings is 1. The number of fused-ring (bicyclic) bond motifs is 2. The van der Waals surface area contributed by atoms with E-state index in [0.29, 0.717) is 64.4 Å². The van der Waals surface area contributed by atoms with Gasteiger partial charge in [0.2, 0.25) is 6.79 Å². The van der Waals surface area contributed by atoms with Crippen LogP contribution < -0.4 is 19.9 Å². The van der Waals surface area contributed by atoms with E-state index in [1.165, 1.54) is 6.33 Å². The van der Waals surface area contributed by atoms with Crippen molar-refractivity contribution in [1.29, 1.82) is 0 Å². The van der Waals surface area contributed by atoms with E-state index in [2.05, 4.69) is 35.3 Å². The highest BCUT2D eigenvalue weighted by Gasteiger charge is 2.31. The minimum Gasteiger partial charge on any atom is -0.492 e. The van der Waals surface area contributed by atoms with Gasteiger partial charge in [-0.3, -0.25) is 0 Å². The van der Waals surface area contributed by atoms with Gasteiger partial charge in [-0.1, -0.05) is 19.6 Å². The maximum atomic E-state index is 12.2. The highest BCUT2D eigenvalue weighted by atomic mass is 28.3. The Bertz CT molecular complexity index is 1380. The molecule has 2 aliphatic rings. The number of hydrogen-bond acceptors (Lipinski definition) is 8. The quantitative estimate of drug-likeness (QED) is 0.237. The highest BCUT2D eigenvalue weighted by molar-refractivity contribution is 6.76. The van der Waals surface area contributed by atoms with E-state index in [-0.39, 0.29) is 19.1 Å². The van der Waals surface area contributed by atoms with Gasteiger partial charge in [0.1, 0.15) is 35.6 Å². The van der Waals surface area contributed by atoms with E-state index in [0.717, 1.165) is 18.9 Å². The van der Waals surface area contributed by atoms with Crippen molar-refractivity contribution in [3.8, 4) is 28.5 Å². The monoisotopic (exact) mass is 558 g/mol. The van der Waals surface area contributed by atoms with Crippen LogP contribution in [0.15, 0.2) is 18.5 Å². The smallest absolute Gasteiger partial charge is 0.402 e. The number of hydrogen-bond donors (Lipinski definition) is 3. The molecule has 210 valence electrons. The summed E-state index contributed by atoms with van der Waals surface area (Å²) in [5.41, 5.74) is 6.85. The SMILES string of the molecule is Cc1c(C(=O)O)c2ncnc(-c3c(OCC4CC4)ccc4c3OCO4)c2n1COCC[Si](C)(C)C.NC(=O)O. The van der Waals surface area contributed by atoms with E-state index in [1.54, 1.807) is 6.92 Å². The molecule has 0 unspecified atom stereocenters. The Morgan fingerprint density at radius 3 is 2.54 bits per heavy atom. The lowest BCUT2D eigenvalue weighted by Gasteiger charge is -2.17. The van der Waals surface area contributed by atoms with Crippen LogP contribution in [-0.4, -0.2) is 64.9 Å². The van der Waals surface area contributed by atoms with Crippen LogP contribution in [0.2, 0.25) is 25.7 Å². The van der Waals surface area contributed by atoms with Gasteiger partial charge in [0, 0.05) is 20.4 Å². The van der Waals surface area contributed by atoms with Crippen molar-refractivity contribution in [1.82, 2.24) is 14.5 Å². The van der Waals surface area contributed by atoms with Gasteiger partial charge in [-0.2, -0.15) is 0 Å². The molecule has 0 spiro atoms.